The summed E-state index contributed by atoms with van der Waals surface area (Å²) in [5, 5.41) is 11.9. The van der Waals surface area contributed by atoms with E-state index in [1.165, 1.54) is 4.31 Å². The van der Waals surface area contributed by atoms with Gasteiger partial charge >= 0.3 is 6.03 Å². The summed E-state index contributed by atoms with van der Waals surface area (Å²) >= 11 is 0. The van der Waals surface area contributed by atoms with Gasteiger partial charge in [0.25, 0.3) is 5.91 Å². The number of piperidine rings is 1. The number of fused-ring (bicyclic) bond motifs is 1. The Morgan fingerprint density at radius 2 is 1.44 bits per heavy atom. The molecule has 6 fully saturated rings. The SMILES string of the molecule is CN(C(C)(C)C)S(=O)(=O)CC1(NC(=O)N[C@H](C(=O)N2C[C@H]3[C@@H]([C@H]2C(=O)N[C@@H](CC2CC2)C(=O)C(=O)NC2CC2)C3(C)C)C2(C)CCCCC2)CCCCC1. The van der Waals surface area contributed by atoms with Gasteiger partial charge in [0, 0.05) is 25.2 Å². The van der Waals surface area contributed by atoms with Gasteiger partial charge in [-0.2, -0.15) is 4.31 Å². The largest absolute Gasteiger partial charge is 0.347 e. The van der Waals surface area contributed by atoms with Crippen LogP contribution in [0.25, 0.3) is 0 Å². The van der Waals surface area contributed by atoms with Gasteiger partial charge in [0.2, 0.25) is 27.6 Å². The Bertz CT molecular complexity index is 1590. The van der Waals surface area contributed by atoms with E-state index >= 15 is 0 Å². The van der Waals surface area contributed by atoms with Gasteiger partial charge in [-0.1, -0.05) is 72.1 Å². The second kappa shape index (κ2) is 15.0. The van der Waals surface area contributed by atoms with Crippen LogP contribution >= 0.6 is 0 Å². The Balaban J connectivity index is 1.23. The van der Waals surface area contributed by atoms with Crippen LogP contribution in [0.4, 0.5) is 4.79 Å². The third kappa shape index (κ3) is 8.79. The zero-order valence-electron chi connectivity index (χ0n) is 33.7. The molecule has 54 heavy (non-hydrogen) atoms. The molecule has 13 nitrogen and oxygen atoms in total. The van der Waals surface area contributed by atoms with E-state index in [0.29, 0.717) is 25.8 Å². The van der Waals surface area contributed by atoms with Crippen molar-refractivity contribution in [2.75, 3.05) is 19.3 Å². The van der Waals surface area contributed by atoms with Gasteiger partial charge in [-0.3, -0.25) is 19.2 Å². The Kier molecular flexibility index (Phi) is 11.3. The highest BCUT2D eigenvalue weighted by atomic mass is 32.2. The number of carbonyl (C=O) groups is 5. The van der Waals surface area contributed by atoms with Crippen LogP contribution in [0.2, 0.25) is 0 Å². The Labute approximate surface area is 322 Å². The molecular formula is C40H66N6O7S. The molecule has 6 rings (SSSR count). The number of likely N-dealkylation sites (tertiary alicyclic amines) is 1. The highest BCUT2D eigenvalue weighted by molar-refractivity contribution is 7.89. The summed E-state index contributed by atoms with van der Waals surface area (Å²) in [6.45, 7) is 12.1. The third-order valence-electron chi connectivity index (χ3n) is 14.0. The summed E-state index contributed by atoms with van der Waals surface area (Å²) in [5.74, 6) is -2.06. The number of ketones is 1. The monoisotopic (exact) mass is 774 g/mol. The van der Waals surface area contributed by atoms with E-state index < -0.39 is 68.3 Å². The predicted octanol–water partition coefficient (Wildman–Crippen LogP) is 4.00. The minimum Gasteiger partial charge on any atom is -0.347 e. The number of hydrogen-bond donors (Lipinski definition) is 4. The van der Waals surface area contributed by atoms with E-state index in [4.69, 9.17) is 0 Å². The maximum absolute atomic E-state index is 15.0. The molecule has 5 saturated carbocycles. The smallest absolute Gasteiger partial charge is 0.315 e. The number of nitrogens with zero attached hydrogens (tertiary/aromatic N) is 2. The molecule has 0 aromatic carbocycles. The van der Waals surface area contributed by atoms with Crippen molar-refractivity contribution in [1.82, 2.24) is 30.5 Å². The fraction of sp³-hybridized carbons (Fsp3) is 0.875. The first-order valence-corrected chi connectivity index (χ1v) is 22.3. The van der Waals surface area contributed by atoms with Crippen molar-refractivity contribution in [3.63, 3.8) is 0 Å². The number of Topliss-reactive ketones (excluding diaryl/α,β-unsaturated/α-hetero) is 1. The van der Waals surface area contributed by atoms with Crippen LogP contribution < -0.4 is 21.3 Å². The van der Waals surface area contributed by atoms with E-state index in [1.807, 2.05) is 27.7 Å². The van der Waals surface area contributed by atoms with Crippen molar-refractivity contribution in [3.05, 3.63) is 0 Å². The number of nitrogens with one attached hydrogen (secondary N) is 4. The lowest BCUT2D eigenvalue weighted by Crippen LogP contribution is -2.65. The van der Waals surface area contributed by atoms with Crippen LogP contribution in [0.15, 0.2) is 0 Å². The highest BCUT2D eigenvalue weighted by Gasteiger charge is 2.70. The molecule has 0 aromatic heterocycles. The predicted molar refractivity (Wildman–Crippen MR) is 205 cm³/mol. The van der Waals surface area contributed by atoms with Gasteiger partial charge in [0.15, 0.2) is 0 Å². The molecule has 0 spiro atoms. The van der Waals surface area contributed by atoms with Crippen molar-refractivity contribution in [1.29, 1.82) is 0 Å². The van der Waals surface area contributed by atoms with Gasteiger partial charge in [-0.05, 0) is 94.3 Å². The van der Waals surface area contributed by atoms with Crippen molar-refractivity contribution < 1.29 is 32.4 Å². The number of amides is 5. The molecule has 304 valence electrons. The quantitative estimate of drug-likeness (QED) is 0.193. The van der Waals surface area contributed by atoms with Crippen LogP contribution in [0, 0.1) is 28.6 Å². The molecule has 0 unspecified atom stereocenters. The lowest BCUT2D eigenvalue weighted by molar-refractivity contribution is -0.146. The molecule has 4 N–H and O–H groups in total. The van der Waals surface area contributed by atoms with Crippen LogP contribution in [0.1, 0.15) is 138 Å². The maximum atomic E-state index is 15.0. The average molecular weight is 775 g/mol. The lowest BCUT2D eigenvalue weighted by Gasteiger charge is -2.44. The molecule has 1 heterocycles. The van der Waals surface area contributed by atoms with E-state index in [0.717, 1.165) is 77.0 Å². The van der Waals surface area contributed by atoms with E-state index in [-0.39, 0.29) is 40.9 Å². The molecule has 0 aromatic rings. The van der Waals surface area contributed by atoms with Crippen LogP contribution in [0.5, 0.6) is 0 Å². The number of rotatable bonds is 14. The Hall–Kier alpha value is -2.74. The Morgan fingerprint density at radius 1 is 0.852 bits per heavy atom. The van der Waals surface area contributed by atoms with Crippen LogP contribution in [-0.2, 0) is 29.2 Å². The lowest BCUT2D eigenvalue weighted by atomic mass is 9.70. The normalized spacial score (nSPS) is 28.3. The summed E-state index contributed by atoms with van der Waals surface area (Å²) < 4.78 is 28.8. The first-order valence-electron chi connectivity index (χ1n) is 20.7. The summed E-state index contributed by atoms with van der Waals surface area (Å²) in [6, 6.07) is -3.31. The van der Waals surface area contributed by atoms with E-state index in [2.05, 4.69) is 35.1 Å². The van der Waals surface area contributed by atoms with Crippen LogP contribution in [0.3, 0.4) is 0 Å². The summed E-state index contributed by atoms with van der Waals surface area (Å²) in [7, 11) is -2.17. The Morgan fingerprint density at radius 3 is 2.00 bits per heavy atom. The first kappa shape index (κ1) is 40.9. The minimum absolute atomic E-state index is 0.0136. The molecular weight excluding hydrogens is 709 g/mol. The third-order valence-corrected chi connectivity index (χ3v) is 16.3. The number of urea groups is 1. The van der Waals surface area contributed by atoms with Gasteiger partial charge in [0.1, 0.15) is 12.1 Å². The van der Waals surface area contributed by atoms with Crippen molar-refractivity contribution >= 4 is 39.6 Å². The molecule has 1 aliphatic heterocycles. The number of hydrogen-bond acceptors (Lipinski definition) is 7. The highest BCUT2D eigenvalue weighted by Crippen LogP contribution is 2.65. The molecule has 14 heteroatoms. The standard InChI is InChI=1S/C40H66N6O7S/c1-37(2,3)45(7)54(52,53)24-40(20-12-9-13-21-40)44-36(51)43-32(39(6)18-10-8-11-19-39)35(50)46-23-27-29(38(27,4)5)30(46)33(48)42-28(22-25-14-15-25)31(47)34(49)41-26-16-17-26/h25-30,32H,8-24H2,1-7H3,(H,41,49)(H,42,48)(H2,43,44,51)/t27-,28-,29-,30-,32+/m0/s1. The van der Waals surface area contributed by atoms with Crippen molar-refractivity contribution in [2.24, 2.45) is 28.6 Å². The van der Waals surface area contributed by atoms with Crippen molar-refractivity contribution in [2.45, 2.75) is 173 Å². The summed E-state index contributed by atoms with van der Waals surface area (Å²) in [6.07, 6.45) is 11.8. The van der Waals surface area contributed by atoms with Crippen LogP contribution in [-0.4, -0.2) is 102 Å². The minimum atomic E-state index is -3.75. The topological polar surface area (TPSA) is 174 Å². The molecule has 5 aliphatic carbocycles. The molecule has 0 bridgehead atoms. The van der Waals surface area contributed by atoms with Gasteiger partial charge in [-0.25, -0.2) is 13.2 Å². The summed E-state index contributed by atoms with van der Waals surface area (Å²) in [4.78, 5) is 71.4. The van der Waals surface area contributed by atoms with Crippen molar-refractivity contribution in [3.8, 4) is 0 Å². The maximum Gasteiger partial charge on any atom is 0.315 e. The zero-order valence-corrected chi connectivity index (χ0v) is 34.5. The first-order chi connectivity index (χ1) is 25.2. The molecule has 1 saturated heterocycles. The number of carbonyl (C=O) groups excluding carboxylic acids is 5. The van der Waals surface area contributed by atoms with Gasteiger partial charge in [0.05, 0.1) is 17.3 Å². The van der Waals surface area contributed by atoms with Gasteiger partial charge in [-0.15, -0.1) is 0 Å². The van der Waals surface area contributed by atoms with E-state index in [1.54, 1.807) is 11.9 Å². The second-order valence-corrected chi connectivity index (χ2v) is 21.7. The zero-order chi connectivity index (χ0) is 39.4. The molecule has 5 atom stereocenters. The molecule has 6 aliphatic rings. The molecule has 0 radical (unpaired) electrons. The molecule has 5 amide bonds. The van der Waals surface area contributed by atoms with Gasteiger partial charge < -0.3 is 26.2 Å². The second-order valence-electron chi connectivity index (χ2n) is 19.7. The summed E-state index contributed by atoms with van der Waals surface area (Å²) in [5.41, 5.74) is -2.39. The van der Waals surface area contributed by atoms with E-state index in [9.17, 15) is 32.4 Å². The fourth-order valence-corrected chi connectivity index (χ4v) is 11.9. The number of sulfonamides is 1. The fourth-order valence-electron chi connectivity index (χ4n) is 9.78. The average Bonchev–Trinajstić information content (AvgIpc) is 4.05.